The summed E-state index contributed by atoms with van der Waals surface area (Å²) in [7, 11) is 1.68. The van der Waals surface area contributed by atoms with Gasteiger partial charge in [0, 0.05) is 40.2 Å². The summed E-state index contributed by atoms with van der Waals surface area (Å²) in [5.74, 6) is 0.912. The van der Waals surface area contributed by atoms with E-state index in [1.165, 1.54) is 5.69 Å². The fourth-order valence-electron chi connectivity index (χ4n) is 3.66. The van der Waals surface area contributed by atoms with Crippen molar-refractivity contribution in [2.75, 3.05) is 25.1 Å². The minimum absolute atomic E-state index is 0.0454. The molecule has 1 aliphatic rings. The number of methoxy groups -OCH3 is 1. The van der Waals surface area contributed by atoms with Crippen LogP contribution in [0.3, 0.4) is 0 Å². The molecule has 0 radical (unpaired) electrons. The summed E-state index contributed by atoms with van der Waals surface area (Å²) in [5, 5.41) is 6.10. The number of ether oxygens (including phenoxy) is 1. The molecule has 1 amide bonds. The van der Waals surface area contributed by atoms with E-state index in [1.54, 1.807) is 18.4 Å². The average Bonchev–Trinajstić information content (AvgIpc) is 3.23. The third-order valence-electron chi connectivity index (χ3n) is 5.26. The Morgan fingerprint density at radius 1 is 1.23 bits per heavy atom. The zero-order valence-corrected chi connectivity index (χ0v) is 19.2. The number of nitrogens with zero attached hydrogens (tertiary/aromatic N) is 2. The number of thiazole rings is 1. The summed E-state index contributed by atoms with van der Waals surface area (Å²) < 4.78 is 6.25. The highest BCUT2D eigenvalue weighted by molar-refractivity contribution is 9.10. The van der Waals surface area contributed by atoms with Gasteiger partial charge in [-0.3, -0.25) is 4.79 Å². The molecule has 4 rings (SSSR count). The highest BCUT2D eigenvalue weighted by Crippen LogP contribution is 2.26. The zero-order valence-electron chi connectivity index (χ0n) is 16.8. The molecule has 0 bridgehead atoms. The number of nitrogens with one attached hydrogen (secondary N) is 1. The predicted molar refractivity (Wildman–Crippen MR) is 125 cm³/mol. The van der Waals surface area contributed by atoms with Crippen LogP contribution in [0.25, 0.3) is 10.6 Å². The molecule has 0 saturated carbocycles. The summed E-state index contributed by atoms with van der Waals surface area (Å²) in [4.78, 5) is 19.5. The lowest BCUT2D eigenvalue weighted by molar-refractivity contribution is -0.121. The number of anilines is 1. The minimum atomic E-state index is 0.0454. The molecule has 1 N–H and O–H groups in total. The van der Waals surface area contributed by atoms with E-state index in [-0.39, 0.29) is 11.9 Å². The van der Waals surface area contributed by atoms with Crippen LogP contribution >= 0.6 is 27.3 Å². The van der Waals surface area contributed by atoms with Crippen molar-refractivity contribution in [2.45, 2.75) is 25.3 Å². The molecule has 0 atom stereocenters. The van der Waals surface area contributed by atoms with E-state index in [9.17, 15) is 4.79 Å². The quantitative estimate of drug-likeness (QED) is 0.538. The number of halogens is 1. The zero-order chi connectivity index (χ0) is 20.9. The Morgan fingerprint density at radius 2 is 2.00 bits per heavy atom. The second kappa shape index (κ2) is 9.62. The van der Waals surface area contributed by atoms with Crippen LogP contribution in [0.5, 0.6) is 5.75 Å². The minimum Gasteiger partial charge on any atom is -0.497 e. The first-order valence-electron chi connectivity index (χ1n) is 9.99. The van der Waals surface area contributed by atoms with Gasteiger partial charge in [0.2, 0.25) is 5.91 Å². The van der Waals surface area contributed by atoms with Crippen molar-refractivity contribution in [3.63, 3.8) is 0 Å². The Balaban J connectivity index is 1.27. The third-order valence-corrected chi connectivity index (χ3v) is 6.70. The standard InChI is InChI=1S/C23H24BrN3O2S/c1-29-21-7-5-20(6-8-21)27-11-9-18(10-12-27)25-22(28)14-19-15-30-23(26-19)16-3-2-4-17(24)13-16/h2-8,13,15,18H,9-12,14H2,1H3,(H,25,28). The Bertz CT molecular complexity index is 998. The van der Waals surface area contributed by atoms with Crippen LogP contribution in [0.2, 0.25) is 0 Å². The van der Waals surface area contributed by atoms with Crippen molar-refractivity contribution in [3.05, 3.63) is 64.1 Å². The second-order valence-corrected chi connectivity index (χ2v) is 9.13. The Labute approximate surface area is 189 Å². The van der Waals surface area contributed by atoms with Crippen molar-refractivity contribution in [3.8, 4) is 16.3 Å². The maximum Gasteiger partial charge on any atom is 0.226 e. The van der Waals surface area contributed by atoms with Crippen LogP contribution in [0.4, 0.5) is 5.69 Å². The van der Waals surface area contributed by atoms with Gasteiger partial charge in [0.15, 0.2) is 0 Å². The largest absolute Gasteiger partial charge is 0.497 e. The molecular formula is C23H24BrN3O2S. The first-order chi connectivity index (χ1) is 14.6. The number of aromatic nitrogens is 1. The van der Waals surface area contributed by atoms with Crippen molar-refractivity contribution in [1.82, 2.24) is 10.3 Å². The molecule has 1 aliphatic heterocycles. The molecule has 1 aromatic heterocycles. The molecular weight excluding hydrogens is 462 g/mol. The highest BCUT2D eigenvalue weighted by atomic mass is 79.9. The van der Waals surface area contributed by atoms with E-state index in [2.05, 4.69) is 43.3 Å². The molecule has 0 unspecified atom stereocenters. The third kappa shape index (κ3) is 5.21. The van der Waals surface area contributed by atoms with Gasteiger partial charge in [-0.05, 0) is 49.2 Å². The van der Waals surface area contributed by atoms with Crippen molar-refractivity contribution >= 4 is 38.9 Å². The van der Waals surface area contributed by atoms with E-state index in [0.717, 1.165) is 52.4 Å². The van der Waals surface area contributed by atoms with Crippen LogP contribution in [-0.2, 0) is 11.2 Å². The summed E-state index contributed by atoms with van der Waals surface area (Å²) in [6.07, 6.45) is 2.21. The van der Waals surface area contributed by atoms with E-state index in [1.807, 2.05) is 41.8 Å². The Morgan fingerprint density at radius 3 is 2.70 bits per heavy atom. The number of carbonyl (C=O) groups is 1. The van der Waals surface area contributed by atoms with Gasteiger partial charge in [0.25, 0.3) is 0 Å². The number of carbonyl (C=O) groups excluding carboxylic acids is 1. The van der Waals surface area contributed by atoms with Gasteiger partial charge in [0.1, 0.15) is 10.8 Å². The lowest BCUT2D eigenvalue weighted by Gasteiger charge is -2.34. The maximum atomic E-state index is 12.5. The number of rotatable bonds is 6. The number of hydrogen-bond acceptors (Lipinski definition) is 5. The lowest BCUT2D eigenvalue weighted by atomic mass is 10.0. The topological polar surface area (TPSA) is 54.5 Å². The second-order valence-electron chi connectivity index (χ2n) is 7.36. The Hall–Kier alpha value is -2.38. The number of piperidine rings is 1. The van der Waals surface area contributed by atoms with Crippen LogP contribution in [0.1, 0.15) is 18.5 Å². The van der Waals surface area contributed by atoms with Gasteiger partial charge in [-0.1, -0.05) is 28.1 Å². The van der Waals surface area contributed by atoms with Crippen molar-refractivity contribution in [2.24, 2.45) is 0 Å². The highest BCUT2D eigenvalue weighted by Gasteiger charge is 2.21. The van der Waals surface area contributed by atoms with E-state index in [4.69, 9.17) is 4.74 Å². The molecule has 7 heteroatoms. The van der Waals surface area contributed by atoms with E-state index in [0.29, 0.717) is 6.42 Å². The average molecular weight is 486 g/mol. The smallest absolute Gasteiger partial charge is 0.226 e. The predicted octanol–water partition coefficient (Wildman–Crippen LogP) is 4.91. The SMILES string of the molecule is COc1ccc(N2CCC(NC(=O)Cc3csc(-c4cccc(Br)c4)n3)CC2)cc1. The van der Waals surface area contributed by atoms with Gasteiger partial charge < -0.3 is 15.0 Å². The monoisotopic (exact) mass is 485 g/mol. The summed E-state index contributed by atoms with van der Waals surface area (Å²) in [5.41, 5.74) is 3.08. The van der Waals surface area contributed by atoms with Crippen LogP contribution in [-0.4, -0.2) is 37.1 Å². The molecule has 0 aliphatic carbocycles. The maximum absolute atomic E-state index is 12.5. The van der Waals surface area contributed by atoms with Gasteiger partial charge in [-0.25, -0.2) is 4.98 Å². The Kier molecular flexibility index (Phi) is 6.69. The van der Waals surface area contributed by atoms with E-state index < -0.39 is 0 Å². The van der Waals surface area contributed by atoms with Crippen LogP contribution in [0, 0.1) is 0 Å². The van der Waals surface area contributed by atoms with Gasteiger partial charge >= 0.3 is 0 Å². The lowest BCUT2D eigenvalue weighted by Crippen LogP contribution is -2.45. The summed E-state index contributed by atoms with van der Waals surface area (Å²) >= 11 is 5.06. The van der Waals surface area contributed by atoms with Crippen LogP contribution in [0.15, 0.2) is 58.4 Å². The number of amides is 1. The molecule has 30 heavy (non-hydrogen) atoms. The van der Waals surface area contributed by atoms with Gasteiger partial charge in [-0.2, -0.15) is 0 Å². The molecule has 5 nitrogen and oxygen atoms in total. The van der Waals surface area contributed by atoms with Crippen molar-refractivity contribution < 1.29 is 9.53 Å². The first kappa shape index (κ1) is 20.9. The van der Waals surface area contributed by atoms with E-state index >= 15 is 0 Å². The summed E-state index contributed by atoms with van der Waals surface area (Å²) in [6, 6.07) is 16.4. The van der Waals surface area contributed by atoms with Crippen molar-refractivity contribution in [1.29, 1.82) is 0 Å². The molecule has 1 fully saturated rings. The summed E-state index contributed by atoms with van der Waals surface area (Å²) in [6.45, 7) is 1.86. The molecule has 2 aromatic carbocycles. The molecule has 156 valence electrons. The fraction of sp³-hybridized carbons (Fsp3) is 0.304. The first-order valence-corrected chi connectivity index (χ1v) is 11.7. The molecule has 3 aromatic rings. The number of benzene rings is 2. The molecule has 0 spiro atoms. The van der Waals surface area contributed by atoms with Gasteiger partial charge in [0.05, 0.1) is 19.2 Å². The fourth-order valence-corrected chi connectivity index (χ4v) is 4.88. The van der Waals surface area contributed by atoms with Gasteiger partial charge in [-0.15, -0.1) is 11.3 Å². The van der Waals surface area contributed by atoms with Crippen LogP contribution < -0.4 is 15.0 Å². The normalized spacial score (nSPS) is 14.5. The molecule has 2 heterocycles. The molecule has 1 saturated heterocycles. The number of hydrogen-bond donors (Lipinski definition) is 1.